The van der Waals surface area contributed by atoms with Gasteiger partial charge in [-0.2, -0.15) is 0 Å². The average Bonchev–Trinajstić information content (AvgIpc) is 3.04. The number of carbonyl (C=O) groups is 1. The van der Waals surface area contributed by atoms with Crippen molar-refractivity contribution in [1.82, 2.24) is 15.5 Å². The number of thioether (sulfide) groups is 1. The van der Waals surface area contributed by atoms with Crippen LogP contribution in [0.3, 0.4) is 0 Å². The highest BCUT2D eigenvalue weighted by Crippen LogP contribution is 2.37. The van der Waals surface area contributed by atoms with Crippen molar-refractivity contribution in [2.45, 2.75) is 16.1 Å². The zero-order valence-corrected chi connectivity index (χ0v) is 14.4. The molecule has 0 spiro atoms. The molecule has 1 amide bonds. The van der Waals surface area contributed by atoms with E-state index in [9.17, 15) is 4.79 Å². The number of hydrogen-bond acceptors (Lipinski definition) is 6. The van der Waals surface area contributed by atoms with E-state index in [0.717, 1.165) is 11.1 Å². The number of rotatable bonds is 6. The maximum atomic E-state index is 12.7. The van der Waals surface area contributed by atoms with Crippen LogP contribution >= 0.6 is 23.1 Å². The molecule has 0 saturated carbocycles. The Morgan fingerprint density at radius 2 is 1.75 bits per heavy atom. The Morgan fingerprint density at radius 1 is 1.08 bits per heavy atom. The number of nitrogens with one attached hydrogen (secondary N) is 1. The molecule has 1 heterocycles. The summed E-state index contributed by atoms with van der Waals surface area (Å²) in [5.74, 6) is -0.0659. The maximum absolute atomic E-state index is 12.7. The van der Waals surface area contributed by atoms with Crippen molar-refractivity contribution < 1.29 is 4.79 Å². The minimum Gasteiger partial charge on any atom is -0.374 e. The minimum atomic E-state index is -0.401. The van der Waals surface area contributed by atoms with Gasteiger partial charge in [-0.25, -0.2) is 0 Å². The van der Waals surface area contributed by atoms with Crippen LogP contribution in [-0.4, -0.2) is 16.1 Å². The summed E-state index contributed by atoms with van der Waals surface area (Å²) in [7, 11) is 0. The molecular weight excluding hydrogens is 340 g/mol. The van der Waals surface area contributed by atoms with Crippen molar-refractivity contribution in [1.29, 1.82) is 0 Å². The van der Waals surface area contributed by atoms with Crippen LogP contribution in [-0.2, 0) is 11.3 Å². The summed E-state index contributed by atoms with van der Waals surface area (Å²) in [6, 6.07) is 19.5. The summed E-state index contributed by atoms with van der Waals surface area (Å²) < 4.78 is 0.677. The fourth-order valence-electron chi connectivity index (χ4n) is 2.15. The van der Waals surface area contributed by atoms with Gasteiger partial charge in [0.1, 0.15) is 5.25 Å². The summed E-state index contributed by atoms with van der Waals surface area (Å²) in [6.45, 7) is 0.488. The van der Waals surface area contributed by atoms with Crippen LogP contribution < -0.4 is 11.1 Å². The molecule has 3 aromatic rings. The molecule has 0 fully saturated rings. The Bertz CT molecular complexity index is 793. The predicted octanol–water partition coefficient (Wildman–Crippen LogP) is 3.27. The molecule has 5 nitrogen and oxygen atoms in total. The Morgan fingerprint density at radius 3 is 2.38 bits per heavy atom. The normalized spacial score (nSPS) is 11.8. The van der Waals surface area contributed by atoms with Gasteiger partial charge in [0.15, 0.2) is 4.34 Å². The summed E-state index contributed by atoms with van der Waals surface area (Å²) >= 11 is 2.64. The van der Waals surface area contributed by atoms with E-state index in [2.05, 4.69) is 15.5 Å². The largest absolute Gasteiger partial charge is 0.374 e. The fourth-order valence-corrected chi connectivity index (χ4v) is 4.00. The second kappa shape index (κ2) is 7.94. The summed E-state index contributed by atoms with van der Waals surface area (Å²) in [4.78, 5) is 12.7. The number of aromatic nitrogens is 2. The monoisotopic (exact) mass is 356 g/mol. The number of anilines is 1. The van der Waals surface area contributed by atoms with E-state index in [1.54, 1.807) is 0 Å². The lowest BCUT2D eigenvalue weighted by atomic mass is 10.1. The highest BCUT2D eigenvalue weighted by molar-refractivity contribution is 8.01. The van der Waals surface area contributed by atoms with E-state index in [1.807, 2.05) is 60.7 Å². The summed E-state index contributed by atoms with van der Waals surface area (Å²) in [5, 5.41) is 10.8. The molecule has 0 radical (unpaired) electrons. The molecule has 122 valence electrons. The predicted molar refractivity (Wildman–Crippen MR) is 97.7 cm³/mol. The number of hydrogen-bond donors (Lipinski definition) is 2. The lowest BCUT2D eigenvalue weighted by Gasteiger charge is -2.15. The lowest BCUT2D eigenvalue weighted by Crippen LogP contribution is -2.27. The molecule has 0 aliphatic carbocycles. The first-order valence-corrected chi connectivity index (χ1v) is 9.04. The second-order valence-corrected chi connectivity index (χ2v) is 7.38. The van der Waals surface area contributed by atoms with Gasteiger partial charge in [-0.1, -0.05) is 83.8 Å². The smallest absolute Gasteiger partial charge is 0.238 e. The van der Waals surface area contributed by atoms with Crippen molar-refractivity contribution in [2.75, 3.05) is 5.73 Å². The van der Waals surface area contributed by atoms with Crippen molar-refractivity contribution in [3.63, 3.8) is 0 Å². The molecule has 0 bridgehead atoms. The van der Waals surface area contributed by atoms with Crippen LogP contribution in [0, 0.1) is 0 Å². The highest BCUT2D eigenvalue weighted by Gasteiger charge is 2.23. The Hall–Kier alpha value is -2.38. The van der Waals surface area contributed by atoms with Crippen molar-refractivity contribution in [2.24, 2.45) is 0 Å². The van der Waals surface area contributed by atoms with Crippen LogP contribution in [0.5, 0.6) is 0 Å². The van der Waals surface area contributed by atoms with Gasteiger partial charge in [0, 0.05) is 6.54 Å². The topological polar surface area (TPSA) is 80.9 Å². The third-order valence-electron chi connectivity index (χ3n) is 3.29. The van der Waals surface area contributed by atoms with Crippen LogP contribution in [0.25, 0.3) is 0 Å². The number of nitrogen functional groups attached to an aromatic ring is 1. The van der Waals surface area contributed by atoms with Crippen LogP contribution in [0.15, 0.2) is 65.0 Å². The van der Waals surface area contributed by atoms with Crippen LogP contribution in [0.4, 0.5) is 5.13 Å². The van der Waals surface area contributed by atoms with Crippen molar-refractivity contribution >= 4 is 34.1 Å². The van der Waals surface area contributed by atoms with E-state index in [4.69, 9.17) is 5.73 Å². The zero-order valence-electron chi connectivity index (χ0n) is 12.8. The molecule has 0 saturated heterocycles. The van der Waals surface area contributed by atoms with E-state index >= 15 is 0 Å². The van der Waals surface area contributed by atoms with Crippen molar-refractivity contribution in [3.8, 4) is 0 Å². The molecule has 3 rings (SSSR count). The van der Waals surface area contributed by atoms with Gasteiger partial charge in [0.25, 0.3) is 0 Å². The Labute approximate surface area is 148 Å². The van der Waals surface area contributed by atoms with E-state index in [0.29, 0.717) is 16.0 Å². The van der Waals surface area contributed by atoms with Gasteiger partial charge in [0.05, 0.1) is 0 Å². The molecule has 1 aromatic heterocycles. The highest BCUT2D eigenvalue weighted by atomic mass is 32.2. The van der Waals surface area contributed by atoms with E-state index < -0.39 is 5.25 Å². The maximum Gasteiger partial charge on any atom is 0.238 e. The number of carbonyl (C=O) groups excluding carboxylic acids is 1. The third-order valence-corrected chi connectivity index (χ3v) is 5.38. The molecule has 3 N–H and O–H groups in total. The average molecular weight is 356 g/mol. The molecule has 1 unspecified atom stereocenters. The molecule has 24 heavy (non-hydrogen) atoms. The quantitative estimate of drug-likeness (QED) is 0.663. The number of nitrogens with zero attached hydrogens (tertiary/aromatic N) is 2. The molecular formula is C17H16N4OS2. The van der Waals surface area contributed by atoms with Gasteiger partial charge in [-0.05, 0) is 11.1 Å². The Balaban J connectivity index is 1.74. The standard InChI is InChI=1S/C17H16N4OS2/c18-16-20-21-17(24-16)23-14(13-9-5-2-6-10-13)15(22)19-11-12-7-3-1-4-8-12/h1-10,14H,11H2,(H2,18,20)(H,19,22). The fraction of sp³-hybridized carbons (Fsp3) is 0.118. The van der Waals surface area contributed by atoms with Gasteiger partial charge in [0.2, 0.25) is 11.0 Å². The van der Waals surface area contributed by atoms with Crippen molar-refractivity contribution in [3.05, 3.63) is 71.8 Å². The molecule has 2 aromatic carbocycles. The number of amides is 1. The van der Waals surface area contributed by atoms with Crippen LogP contribution in [0.1, 0.15) is 16.4 Å². The van der Waals surface area contributed by atoms with E-state index in [1.165, 1.54) is 23.1 Å². The van der Waals surface area contributed by atoms with Gasteiger partial charge >= 0.3 is 0 Å². The summed E-state index contributed by atoms with van der Waals surface area (Å²) in [5.41, 5.74) is 7.61. The first-order chi connectivity index (χ1) is 11.7. The minimum absolute atomic E-state index is 0.0659. The number of benzene rings is 2. The molecule has 0 aliphatic heterocycles. The summed E-state index contributed by atoms with van der Waals surface area (Å²) in [6.07, 6.45) is 0. The number of nitrogens with two attached hydrogens (primary N) is 1. The first-order valence-electron chi connectivity index (χ1n) is 7.34. The molecule has 0 aliphatic rings. The van der Waals surface area contributed by atoms with Gasteiger partial charge in [-0.15, -0.1) is 10.2 Å². The Kier molecular flexibility index (Phi) is 5.45. The van der Waals surface area contributed by atoms with Gasteiger partial charge < -0.3 is 11.1 Å². The zero-order chi connectivity index (χ0) is 16.8. The molecule has 7 heteroatoms. The third kappa shape index (κ3) is 4.33. The van der Waals surface area contributed by atoms with E-state index in [-0.39, 0.29) is 5.91 Å². The SMILES string of the molecule is Nc1nnc(SC(C(=O)NCc2ccccc2)c2ccccc2)s1. The van der Waals surface area contributed by atoms with Crippen LogP contribution in [0.2, 0.25) is 0 Å². The van der Waals surface area contributed by atoms with Gasteiger partial charge in [-0.3, -0.25) is 4.79 Å². The lowest BCUT2D eigenvalue weighted by molar-refractivity contribution is -0.120. The second-order valence-electron chi connectivity index (χ2n) is 5.02. The first kappa shape index (κ1) is 16.5. The molecule has 1 atom stereocenters.